The lowest BCUT2D eigenvalue weighted by Crippen LogP contribution is -2.54. The van der Waals surface area contributed by atoms with E-state index >= 15 is 0 Å². The van der Waals surface area contributed by atoms with Gasteiger partial charge in [-0.1, -0.05) is 27.2 Å². The summed E-state index contributed by atoms with van der Waals surface area (Å²) in [5, 5.41) is 0. The van der Waals surface area contributed by atoms with E-state index in [1.807, 2.05) is 0 Å². The van der Waals surface area contributed by atoms with Crippen molar-refractivity contribution in [3.8, 4) is 0 Å². The van der Waals surface area contributed by atoms with E-state index in [1.54, 1.807) is 0 Å². The molecule has 17 heavy (non-hydrogen) atoms. The summed E-state index contributed by atoms with van der Waals surface area (Å²) >= 11 is 0. The fraction of sp³-hybridized carbons (Fsp3) is 1.00. The average molecular weight is 238 g/mol. The smallest absolute Gasteiger partial charge is 0.0249 e. The van der Waals surface area contributed by atoms with Crippen molar-refractivity contribution < 1.29 is 0 Å². The topological polar surface area (TPSA) is 29.3 Å². The highest BCUT2D eigenvalue weighted by Gasteiger charge is 2.35. The summed E-state index contributed by atoms with van der Waals surface area (Å²) in [4.78, 5) is 2.69. The molecule has 1 aliphatic carbocycles. The lowest BCUT2D eigenvalue weighted by molar-refractivity contribution is 0.0472. The highest BCUT2D eigenvalue weighted by atomic mass is 15.2. The lowest BCUT2D eigenvalue weighted by atomic mass is 9.76. The molecule has 2 rings (SSSR count). The van der Waals surface area contributed by atoms with Gasteiger partial charge in [0.1, 0.15) is 0 Å². The largest absolute Gasteiger partial charge is 0.326 e. The maximum Gasteiger partial charge on any atom is 0.0249 e. The minimum absolute atomic E-state index is 0.428. The van der Waals surface area contributed by atoms with Crippen molar-refractivity contribution in [2.45, 2.75) is 71.4 Å². The van der Waals surface area contributed by atoms with Gasteiger partial charge in [-0.3, -0.25) is 4.90 Å². The van der Waals surface area contributed by atoms with Gasteiger partial charge in [0.05, 0.1) is 0 Å². The Balaban J connectivity index is 1.91. The first kappa shape index (κ1) is 13.4. The molecule has 0 aromatic carbocycles. The molecule has 0 spiro atoms. The fourth-order valence-electron chi connectivity index (χ4n) is 3.54. The molecule has 1 heterocycles. The van der Waals surface area contributed by atoms with E-state index in [0.29, 0.717) is 17.5 Å². The highest BCUT2D eigenvalue weighted by molar-refractivity contribution is 4.92. The van der Waals surface area contributed by atoms with E-state index in [2.05, 4.69) is 25.7 Å². The summed E-state index contributed by atoms with van der Waals surface area (Å²) in [6, 6.07) is 1.09. The first-order valence-corrected chi connectivity index (χ1v) is 7.54. The number of likely N-dealkylation sites (tertiary alicyclic amines) is 1. The van der Waals surface area contributed by atoms with Gasteiger partial charge in [-0.2, -0.15) is 0 Å². The Morgan fingerprint density at radius 2 is 1.88 bits per heavy atom. The van der Waals surface area contributed by atoms with E-state index in [0.717, 1.165) is 5.92 Å². The van der Waals surface area contributed by atoms with Crippen molar-refractivity contribution in [1.29, 1.82) is 0 Å². The van der Waals surface area contributed by atoms with Crippen LogP contribution in [0.5, 0.6) is 0 Å². The van der Waals surface area contributed by atoms with E-state index in [-0.39, 0.29) is 0 Å². The molecule has 100 valence electrons. The molecule has 2 N–H and O–H groups in total. The van der Waals surface area contributed by atoms with Crippen LogP contribution in [0.1, 0.15) is 59.3 Å². The molecule has 2 nitrogen and oxygen atoms in total. The number of piperidine rings is 1. The molecule has 2 heteroatoms. The molecule has 1 aliphatic heterocycles. The molecule has 2 fully saturated rings. The van der Waals surface area contributed by atoms with Crippen LogP contribution in [-0.4, -0.2) is 30.1 Å². The molecular weight excluding hydrogens is 208 g/mol. The molecular formula is C15H30N2. The molecule has 0 bridgehead atoms. The fourth-order valence-corrected chi connectivity index (χ4v) is 3.54. The second kappa shape index (κ2) is 5.27. The molecule has 0 aromatic heterocycles. The van der Waals surface area contributed by atoms with Crippen LogP contribution in [0.15, 0.2) is 0 Å². The van der Waals surface area contributed by atoms with E-state index in [4.69, 9.17) is 5.73 Å². The average Bonchev–Trinajstić information content (AvgIpc) is 2.34. The predicted octanol–water partition coefficient (Wildman–Crippen LogP) is 3.01. The maximum absolute atomic E-state index is 6.33. The van der Waals surface area contributed by atoms with Gasteiger partial charge in [0, 0.05) is 12.1 Å². The van der Waals surface area contributed by atoms with Crippen molar-refractivity contribution in [2.24, 2.45) is 17.1 Å². The standard InChI is InChI=1S/C15H30N2/c1-4-15(3)7-9-17(10-8-15)14-11-12(2)5-6-13(14)16/h12-14H,4-11,16H2,1-3H3. The van der Waals surface area contributed by atoms with Crippen molar-refractivity contribution in [3.63, 3.8) is 0 Å². The first-order valence-electron chi connectivity index (χ1n) is 7.54. The zero-order valence-corrected chi connectivity index (χ0v) is 11.9. The van der Waals surface area contributed by atoms with Crippen LogP contribution in [0.3, 0.4) is 0 Å². The molecule has 3 atom stereocenters. The number of rotatable bonds is 2. The summed E-state index contributed by atoms with van der Waals surface area (Å²) in [6.07, 6.45) is 7.94. The summed E-state index contributed by atoms with van der Waals surface area (Å²) in [7, 11) is 0. The van der Waals surface area contributed by atoms with Crippen molar-refractivity contribution in [2.75, 3.05) is 13.1 Å². The summed E-state index contributed by atoms with van der Waals surface area (Å²) in [5.41, 5.74) is 6.93. The number of nitrogens with zero attached hydrogens (tertiary/aromatic N) is 1. The van der Waals surface area contributed by atoms with Gasteiger partial charge >= 0.3 is 0 Å². The zero-order valence-electron chi connectivity index (χ0n) is 11.9. The Bertz CT molecular complexity index is 243. The van der Waals surface area contributed by atoms with Crippen LogP contribution in [0.2, 0.25) is 0 Å². The zero-order chi connectivity index (χ0) is 12.5. The first-order chi connectivity index (χ1) is 8.04. The van der Waals surface area contributed by atoms with Gasteiger partial charge in [0.25, 0.3) is 0 Å². The van der Waals surface area contributed by atoms with E-state index < -0.39 is 0 Å². The van der Waals surface area contributed by atoms with Crippen LogP contribution in [-0.2, 0) is 0 Å². The third-order valence-corrected chi connectivity index (χ3v) is 5.46. The van der Waals surface area contributed by atoms with Crippen LogP contribution in [0.25, 0.3) is 0 Å². The second-order valence-electron chi connectivity index (χ2n) is 6.85. The second-order valence-corrected chi connectivity index (χ2v) is 6.85. The molecule has 0 amide bonds. The van der Waals surface area contributed by atoms with Crippen molar-refractivity contribution in [3.05, 3.63) is 0 Å². The van der Waals surface area contributed by atoms with Gasteiger partial charge in [-0.25, -0.2) is 0 Å². The van der Waals surface area contributed by atoms with Gasteiger partial charge in [0.2, 0.25) is 0 Å². The van der Waals surface area contributed by atoms with E-state index in [9.17, 15) is 0 Å². The van der Waals surface area contributed by atoms with Crippen molar-refractivity contribution in [1.82, 2.24) is 4.90 Å². The Morgan fingerprint density at radius 1 is 1.24 bits per heavy atom. The van der Waals surface area contributed by atoms with Crippen molar-refractivity contribution >= 4 is 0 Å². The Labute approximate surface area is 107 Å². The summed E-state index contributed by atoms with van der Waals surface area (Å²) in [5.74, 6) is 0.874. The van der Waals surface area contributed by atoms with Crippen LogP contribution < -0.4 is 5.73 Å². The Kier molecular flexibility index (Phi) is 4.14. The van der Waals surface area contributed by atoms with Gasteiger partial charge in [0.15, 0.2) is 0 Å². The highest BCUT2D eigenvalue weighted by Crippen LogP contribution is 2.36. The quantitative estimate of drug-likeness (QED) is 0.801. The molecule has 2 aliphatic rings. The number of hydrogen-bond donors (Lipinski definition) is 1. The third kappa shape index (κ3) is 3.03. The number of hydrogen-bond acceptors (Lipinski definition) is 2. The van der Waals surface area contributed by atoms with Crippen LogP contribution in [0.4, 0.5) is 0 Å². The Morgan fingerprint density at radius 3 is 2.47 bits per heavy atom. The summed E-state index contributed by atoms with van der Waals surface area (Å²) in [6.45, 7) is 9.72. The minimum atomic E-state index is 0.428. The molecule has 1 saturated heterocycles. The predicted molar refractivity (Wildman–Crippen MR) is 74.0 cm³/mol. The lowest BCUT2D eigenvalue weighted by Gasteiger charge is -2.46. The molecule has 0 aromatic rings. The Hall–Kier alpha value is -0.0800. The molecule has 0 radical (unpaired) electrons. The maximum atomic E-state index is 6.33. The van der Waals surface area contributed by atoms with Gasteiger partial charge < -0.3 is 5.73 Å². The van der Waals surface area contributed by atoms with Crippen LogP contribution >= 0.6 is 0 Å². The molecule has 3 unspecified atom stereocenters. The van der Waals surface area contributed by atoms with Gasteiger partial charge in [-0.15, -0.1) is 0 Å². The van der Waals surface area contributed by atoms with Crippen LogP contribution in [0, 0.1) is 11.3 Å². The SMILES string of the molecule is CCC1(C)CCN(C2CC(C)CCC2N)CC1. The normalized spacial score (nSPS) is 39.2. The third-order valence-electron chi connectivity index (χ3n) is 5.46. The van der Waals surface area contributed by atoms with Gasteiger partial charge in [-0.05, 0) is 56.5 Å². The summed E-state index contributed by atoms with van der Waals surface area (Å²) < 4.78 is 0. The number of nitrogens with two attached hydrogens (primary N) is 1. The van der Waals surface area contributed by atoms with E-state index in [1.165, 1.54) is 51.6 Å². The minimum Gasteiger partial charge on any atom is -0.326 e. The monoisotopic (exact) mass is 238 g/mol. The molecule has 1 saturated carbocycles.